The number of aliphatic hydroxyl groups is 1. The molecule has 38 heavy (non-hydrogen) atoms. The van der Waals surface area contributed by atoms with Crippen LogP contribution < -0.4 is 15.8 Å². The average molecular weight is 560 g/mol. The second kappa shape index (κ2) is 12.1. The van der Waals surface area contributed by atoms with Crippen molar-refractivity contribution in [1.29, 1.82) is 0 Å². The van der Waals surface area contributed by atoms with Crippen molar-refractivity contribution in [2.75, 3.05) is 32.3 Å². The molecule has 200 valence electrons. The highest BCUT2D eigenvalue weighted by atomic mass is 32.2. The molecule has 4 N–H and O–H groups in total. The SMILES string of the molecule is CO/N=C(\C(=O)N[C@@H]1C(=O)N2C(C(=O)OCc3ccc(OC)cc3)=C(/C=C\CO)CS[C@H]12)c1csc(N)n1. The van der Waals surface area contributed by atoms with Crippen LogP contribution in [0.3, 0.4) is 0 Å². The number of rotatable bonds is 10. The third kappa shape index (κ3) is 5.66. The molecule has 4 rings (SSSR count). The summed E-state index contributed by atoms with van der Waals surface area (Å²) in [6, 6.07) is 6.11. The summed E-state index contributed by atoms with van der Waals surface area (Å²) in [7, 11) is 2.84. The molecule has 0 aliphatic carbocycles. The normalized spacial score (nSPS) is 19.2. The van der Waals surface area contributed by atoms with Crippen LogP contribution in [0.1, 0.15) is 11.3 Å². The van der Waals surface area contributed by atoms with Crippen molar-refractivity contribution < 1.29 is 33.8 Å². The number of nitrogens with zero attached hydrogens (tertiary/aromatic N) is 3. The summed E-state index contributed by atoms with van der Waals surface area (Å²) in [6.07, 6.45) is 3.06. The quantitative estimate of drug-likeness (QED) is 0.166. The van der Waals surface area contributed by atoms with E-state index >= 15 is 0 Å². The number of carbonyl (C=O) groups is 3. The number of β-lactam (4-membered cyclic amide) rings is 1. The Labute approximate surface area is 226 Å². The Morgan fingerprint density at radius 1 is 1.32 bits per heavy atom. The number of aromatic nitrogens is 1. The van der Waals surface area contributed by atoms with E-state index in [4.69, 9.17) is 20.0 Å². The van der Waals surface area contributed by atoms with Gasteiger partial charge in [-0.3, -0.25) is 14.5 Å². The summed E-state index contributed by atoms with van der Waals surface area (Å²) in [5, 5.41) is 16.9. The van der Waals surface area contributed by atoms with E-state index in [9.17, 15) is 19.5 Å². The van der Waals surface area contributed by atoms with Crippen molar-refractivity contribution in [2.24, 2.45) is 5.16 Å². The Morgan fingerprint density at radius 3 is 2.71 bits per heavy atom. The Kier molecular flexibility index (Phi) is 8.66. The zero-order valence-corrected chi connectivity index (χ0v) is 22.1. The van der Waals surface area contributed by atoms with Gasteiger partial charge in [0.05, 0.1) is 13.7 Å². The van der Waals surface area contributed by atoms with E-state index in [0.717, 1.165) is 16.9 Å². The number of benzene rings is 1. The molecule has 2 aliphatic heterocycles. The van der Waals surface area contributed by atoms with Gasteiger partial charge in [0.25, 0.3) is 11.8 Å². The van der Waals surface area contributed by atoms with Gasteiger partial charge in [-0.25, -0.2) is 9.78 Å². The first kappa shape index (κ1) is 27.2. The van der Waals surface area contributed by atoms with Gasteiger partial charge in [0.15, 0.2) is 10.8 Å². The number of esters is 1. The number of amides is 2. The van der Waals surface area contributed by atoms with Gasteiger partial charge in [0.1, 0.15) is 42.3 Å². The largest absolute Gasteiger partial charge is 0.497 e. The van der Waals surface area contributed by atoms with Gasteiger partial charge in [-0.1, -0.05) is 29.4 Å². The highest BCUT2D eigenvalue weighted by Crippen LogP contribution is 2.41. The molecule has 0 bridgehead atoms. The van der Waals surface area contributed by atoms with Gasteiger partial charge in [-0.2, -0.15) is 0 Å². The topological polar surface area (TPSA) is 166 Å². The predicted octanol–water partition coefficient (Wildman–Crippen LogP) is 1.03. The number of aliphatic hydroxyl groups excluding tert-OH is 1. The smallest absolute Gasteiger partial charge is 0.355 e. The van der Waals surface area contributed by atoms with E-state index in [1.54, 1.807) is 42.8 Å². The maximum Gasteiger partial charge on any atom is 0.355 e. The molecule has 3 heterocycles. The van der Waals surface area contributed by atoms with Crippen LogP contribution in [0.15, 0.2) is 58.2 Å². The second-order valence-corrected chi connectivity index (χ2v) is 9.93. The summed E-state index contributed by atoms with van der Waals surface area (Å²) in [5.74, 6) is -0.832. The van der Waals surface area contributed by atoms with E-state index in [1.165, 1.54) is 29.8 Å². The Hall–Kier alpha value is -3.88. The molecule has 2 atom stereocenters. The minimum atomic E-state index is -0.918. The van der Waals surface area contributed by atoms with E-state index < -0.39 is 29.2 Å². The number of ether oxygens (including phenoxy) is 2. The molecule has 14 heteroatoms. The number of methoxy groups -OCH3 is 1. The summed E-state index contributed by atoms with van der Waals surface area (Å²) >= 11 is 2.49. The maximum absolute atomic E-state index is 13.2. The molecular formula is C24H25N5O7S2. The molecular weight excluding hydrogens is 534 g/mol. The van der Waals surface area contributed by atoms with Crippen LogP contribution >= 0.6 is 23.1 Å². The zero-order chi connectivity index (χ0) is 27.2. The lowest BCUT2D eigenvalue weighted by Crippen LogP contribution is -2.71. The fourth-order valence-electron chi connectivity index (χ4n) is 3.80. The van der Waals surface area contributed by atoms with Crippen LogP contribution in [0.2, 0.25) is 0 Å². The van der Waals surface area contributed by atoms with Crippen LogP contribution in [0, 0.1) is 0 Å². The van der Waals surface area contributed by atoms with E-state index in [0.29, 0.717) is 17.1 Å². The molecule has 2 aliphatic rings. The molecule has 1 fully saturated rings. The number of carbonyl (C=O) groups excluding carboxylic acids is 3. The van der Waals surface area contributed by atoms with E-state index in [2.05, 4.69) is 15.5 Å². The lowest BCUT2D eigenvalue weighted by atomic mass is 10.0. The molecule has 0 spiro atoms. The monoisotopic (exact) mass is 559 g/mol. The minimum Gasteiger partial charge on any atom is -0.497 e. The number of thioether (sulfide) groups is 1. The number of oxime groups is 1. The number of anilines is 1. The van der Waals surface area contributed by atoms with Gasteiger partial charge in [0.2, 0.25) is 0 Å². The Balaban J connectivity index is 1.50. The first-order valence-electron chi connectivity index (χ1n) is 11.3. The third-order valence-corrected chi connectivity index (χ3v) is 7.57. The number of nitrogen functional groups attached to an aromatic ring is 1. The molecule has 2 amide bonds. The van der Waals surface area contributed by atoms with Crippen molar-refractivity contribution in [3.05, 3.63) is 64.3 Å². The van der Waals surface area contributed by atoms with Crippen LogP contribution in [0.5, 0.6) is 5.75 Å². The molecule has 1 saturated heterocycles. The van der Waals surface area contributed by atoms with Crippen molar-refractivity contribution in [2.45, 2.75) is 18.0 Å². The van der Waals surface area contributed by atoms with Gasteiger partial charge in [-0.15, -0.1) is 23.1 Å². The second-order valence-electron chi connectivity index (χ2n) is 7.94. The Bertz CT molecular complexity index is 1310. The summed E-state index contributed by atoms with van der Waals surface area (Å²) in [6.45, 7) is -0.252. The molecule has 0 saturated carbocycles. The van der Waals surface area contributed by atoms with Crippen LogP contribution in [-0.4, -0.2) is 76.5 Å². The van der Waals surface area contributed by atoms with Crippen molar-refractivity contribution in [3.8, 4) is 5.75 Å². The highest BCUT2D eigenvalue weighted by Gasteiger charge is 2.54. The van der Waals surface area contributed by atoms with E-state index in [1.807, 2.05) is 0 Å². The fraction of sp³-hybridized carbons (Fsp3) is 0.292. The maximum atomic E-state index is 13.2. The lowest BCUT2D eigenvalue weighted by Gasteiger charge is -2.49. The zero-order valence-electron chi connectivity index (χ0n) is 20.4. The summed E-state index contributed by atoms with van der Waals surface area (Å²) in [5.41, 5.74) is 7.08. The highest BCUT2D eigenvalue weighted by molar-refractivity contribution is 8.00. The van der Waals surface area contributed by atoms with Gasteiger partial charge >= 0.3 is 5.97 Å². The standard InChI is InChI=1S/C24H25N5O7S2/c1-34-15-7-5-13(6-8-15)10-36-23(33)19-14(4-3-9-30)11-37-22-18(21(32)29(19)22)27-20(31)17(28-35-2)16-12-38-24(25)26-16/h3-8,12,18,22,30H,9-11H2,1-2H3,(H2,25,26)(H,27,31)/b4-3-,28-17-/t18-,22-/m1/s1. The number of hydrogen-bond donors (Lipinski definition) is 3. The summed E-state index contributed by atoms with van der Waals surface area (Å²) < 4.78 is 10.7. The number of thiazole rings is 1. The van der Waals surface area contributed by atoms with Crippen molar-refractivity contribution in [3.63, 3.8) is 0 Å². The number of allylic oxidation sites excluding steroid dienone is 1. The Morgan fingerprint density at radius 2 is 2.08 bits per heavy atom. The van der Waals surface area contributed by atoms with Gasteiger partial charge in [0, 0.05) is 11.1 Å². The van der Waals surface area contributed by atoms with Gasteiger partial charge in [-0.05, 0) is 23.3 Å². The first-order chi connectivity index (χ1) is 18.4. The van der Waals surface area contributed by atoms with Gasteiger partial charge < -0.3 is 30.5 Å². The third-order valence-electron chi connectivity index (χ3n) is 5.59. The first-order valence-corrected chi connectivity index (χ1v) is 13.2. The molecule has 0 radical (unpaired) electrons. The van der Waals surface area contributed by atoms with Crippen LogP contribution in [0.25, 0.3) is 0 Å². The molecule has 0 unspecified atom stereocenters. The lowest BCUT2D eigenvalue weighted by molar-refractivity contribution is -0.153. The number of nitrogens with two attached hydrogens (primary N) is 1. The van der Waals surface area contributed by atoms with Crippen molar-refractivity contribution >= 4 is 51.7 Å². The number of hydrogen-bond acceptors (Lipinski definition) is 12. The minimum absolute atomic E-state index is 0.0169. The molecule has 1 aromatic carbocycles. The molecule has 12 nitrogen and oxygen atoms in total. The number of nitrogens with one attached hydrogen (secondary N) is 1. The van der Waals surface area contributed by atoms with Crippen LogP contribution in [0.4, 0.5) is 5.13 Å². The fourth-order valence-corrected chi connectivity index (χ4v) is 5.66. The number of fused-ring (bicyclic) bond motifs is 1. The van der Waals surface area contributed by atoms with Crippen LogP contribution in [-0.2, 0) is 30.6 Å². The average Bonchev–Trinajstić information content (AvgIpc) is 3.37. The van der Waals surface area contributed by atoms with E-state index in [-0.39, 0.29) is 35.4 Å². The predicted molar refractivity (Wildman–Crippen MR) is 141 cm³/mol. The molecule has 2 aromatic rings. The van der Waals surface area contributed by atoms with Crippen molar-refractivity contribution in [1.82, 2.24) is 15.2 Å². The summed E-state index contributed by atoms with van der Waals surface area (Å²) in [4.78, 5) is 49.5. The molecule has 1 aromatic heterocycles.